The highest BCUT2D eigenvalue weighted by molar-refractivity contribution is 5.95. The van der Waals surface area contributed by atoms with E-state index >= 15 is 0 Å². The van der Waals surface area contributed by atoms with Gasteiger partial charge in [0.25, 0.3) is 5.91 Å². The zero-order valence-corrected chi connectivity index (χ0v) is 14.7. The van der Waals surface area contributed by atoms with E-state index in [9.17, 15) is 4.79 Å². The summed E-state index contributed by atoms with van der Waals surface area (Å²) in [5.41, 5.74) is 3.78. The van der Waals surface area contributed by atoms with Crippen molar-refractivity contribution in [2.45, 2.75) is 20.3 Å². The molecule has 0 aliphatic heterocycles. The van der Waals surface area contributed by atoms with Gasteiger partial charge < -0.3 is 9.47 Å². The van der Waals surface area contributed by atoms with E-state index in [0.29, 0.717) is 29.6 Å². The van der Waals surface area contributed by atoms with E-state index in [1.165, 1.54) is 0 Å². The molecule has 0 aliphatic rings. The van der Waals surface area contributed by atoms with Crippen LogP contribution in [0.3, 0.4) is 0 Å². The first kappa shape index (κ1) is 18.4. The van der Waals surface area contributed by atoms with Gasteiger partial charge in [0.05, 0.1) is 19.9 Å². The molecular formula is C19H23N3O3. The van der Waals surface area contributed by atoms with Gasteiger partial charge in [-0.15, -0.1) is 0 Å². The average molecular weight is 341 g/mol. The number of nitrogens with one attached hydrogen (secondary N) is 1. The predicted octanol–water partition coefficient (Wildman–Crippen LogP) is 3.28. The molecule has 1 heterocycles. The third-order valence-corrected chi connectivity index (χ3v) is 3.46. The van der Waals surface area contributed by atoms with E-state index in [2.05, 4.69) is 29.4 Å². The second-order valence-corrected chi connectivity index (χ2v) is 5.88. The molecule has 25 heavy (non-hydrogen) atoms. The van der Waals surface area contributed by atoms with E-state index < -0.39 is 0 Å². The number of nitrogens with zero attached hydrogens (tertiary/aromatic N) is 2. The molecule has 0 fully saturated rings. The van der Waals surface area contributed by atoms with Gasteiger partial charge in [-0.1, -0.05) is 13.8 Å². The molecule has 2 aromatic rings. The van der Waals surface area contributed by atoms with Crippen LogP contribution >= 0.6 is 0 Å². The molecule has 0 radical (unpaired) electrons. The number of methoxy groups -OCH3 is 1. The molecule has 6 nitrogen and oxygen atoms in total. The number of carbonyl (C=O) groups excluding carboxylic acids is 1. The van der Waals surface area contributed by atoms with Gasteiger partial charge in [-0.25, -0.2) is 5.43 Å². The first-order valence-electron chi connectivity index (χ1n) is 8.14. The molecule has 0 atom stereocenters. The second-order valence-electron chi connectivity index (χ2n) is 5.88. The quantitative estimate of drug-likeness (QED) is 0.591. The van der Waals surface area contributed by atoms with Crippen LogP contribution < -0.4 is 14.9 Å². The molecule has 6 heteroatoms. The molecule has 2 rings (SSSR count). The summed E-state index contributed by atoms with van der Waals surface area (Å²) in [4.78, 5) is 16.1. The fourth-order valence-electron chi connectivity index (χ4n) is 2.01. The number of hydrogen-bond acceptors (Lipinski definition) is 5. The number of ether oxygens (including phenoxy) is 2. The van der Waals surface area contributed by atoms with Crippen molar-refractivity contribution in [3.05, 3.63) is 53.9 Å². The number of amides is 1. The first-order valence-corrected chi connectivity index (χ1v) is 8.14. The Kier molecular flexibility index (Phi) is 6.95. The zero-order chi connectivity index (χ0) is 18.1. The summed E-state index contributed by atoms with van der Waals surface area (Å²) in [5.74, 6) is 1.39. The van der Waals surface area contributed by atoms with Gasteiger partial charge >= 0.3 is 0 Å². The maximum Gasteiger partial charge on any atom is 0.271 e. The zero-order valence-electron chi connectivity index (χ0n) is 14.7. The molecular weight excluding hydrogens is 318 g/mol. The van der Waals surface area contributed by atoms with Gasteiger partial charge in [-0.3, -0.25) is 9.78 Å². The maximum atomic E-state index is 12.2. The van der Waals surface area contributed by atoms with Gasteiger partial charge in [0, 0.05) is 18.0 Å². The lowest BCUT2D eigenvalue weighted by Crippen LogP contribution is -2.17. The number of pyridine rings is 1. The Hall–Kier alpha value is -2.89. The fourth-order valence-corrected chi connectivity index (χ4v) is 2.01. The summed E-state index contributed by atoms with van der Waals surface area (Å²) < 4.78 is 11.0. The topological polar surface area (TPSA) is 72.8 Å². The number of benzene rings is 1. The minimum atomic E-state index is -0.322. The van der Waals surface area contributed by atoms with Crippen molar-refractivity contribution in [3.63, 3.8) is 0 Å². The Morgan fingerprint density at radius 1 is 1.24 bits per heavy atom. The molecule has 1 amide bonds. The van der Waals surface area contributed by atoms with Crippen LogP contribution in [0.5, 0.6) is 11.5 Å². The molecule has 1 N–H and O–H groups in total. The Morgan fingerprint density at radius 2 is 2.00 bits per heavy atom. The van der Waals surface area contributed by atoms with Gasteiger partial charge in [-0.2, -0.15) is 5.10 Å². The van der Waals surface area contributed by atoms with E-state index in [-0.39, 0.29) is 5.91 Å². The molecule has 0 spiro atoms. The van der Waals surface area contributed by atoms with Crippen molar-refractivity contribution in [1.82, 2.24) is 10.4 Å². The van der Waals surface area contributed by atoms with Gasteiger partial charge in [-0.05, 0) is 48.2 Å². The van der Waals surface area contributed by atoms with Crippen LogP contribution in [0.1, 0.15) is 36.2 Å². The lowest BCUT2D eigenvalue weighted by atomic mass is 10.1. The SMILES string of the molecule is COc1cc(C(=O)N/N=C/c2ccncc2)ccc1OCCC(C)C. The second kappa shape index (κ2) is 9.42. The summed E-state index contributed by atoms with van der Waals surface area (Å²) in [6, 6.07) is 8.65. The Labute approximate surface area is 147 Å². The summed E-state index contributed by atoms with van der Waals surface area (Å²) in [5, 5.41) is 3.94. The highest BCUT2D eigenvalue weighted by Crippen LogP contribution is 2.28. The molecule has 0 unspecified atom stereocenters. The number of rotatable bonds is 8. The Bertz CT molecular complexity index is 715. The summed E-state index contributed by atoms with van der Waals surface area (Å²) in [7, 11) is 1.55. The Morgan fingerprint density at radius 3 is 2.68 bits per heavy atom. The van der Waals surface area contributed by atoms with Gasteiger partial charge in [0.15, 0.2) is 11.5 Å². The minimum Gasteiger partial charge on any atom is -0.493 e. The van der Waals surface area contributed by atoms with Crippen molar-refractivity contribution in [1.29, 1.82) is 0 Å². The smallest absolute Gasteiger partial charge is 0.271 e. The molecule has 132 valence electrons. The first-order chi connectivity index (χ1) is 12.1. The molecule has 0 bridgehead atoms. The third kappa shape index (κ3) is 5.91. The van der Waals surface area contributed by atoms with Crippen LogP contribution in [0.2, 0.25) is 0 Å². The molecule has 1 aromatic carbocycles. The monoisotopic (exact) mass is 341 g/mol. The van der Waals surface area contributed by atoms with Crippen LogP contribution in [-0.4, -0.2) is 30.8 Å². The van der Waals surface area contributed by atoms with Crippen molar-refractivity contribution < 1.29 is 14.3 Å². The van der Waals surface area contributed by atoms with Gasteiger partial charge in [0.1, 0.15) is 0 Å². The highest BCUT2D eigenvalue weighted by Gasteiger charge is 2.11. The third-order valence-electron chi connectivity index (χ3n) is 3.46. The summed E-state index contributed by atoms with van der Waals surface area (Å²) >= 11 is 0. The van der Waals surface area contributed by atoms with Crippen LogP contribution in [0.15, 0.2) is 47.8 Å². The van der Waals surface area contributed by atoms with Crippen molar-refractivity contribution >= 4 is 12.1 Å². The van der Waals surface area contributed by atoms with Crippen LogP contribution in [0.4, 0.5) is 0 Å². The van der Waals surface area contributed by atoms with Crippen molar-refractivity contribution in [2.24, 2.45) is 11.0 Å². The fraction of sp³-hybridized carbons (Fsp3) is 0.316. The molecule has 0 saturated carbocycles. The number of hydrogen-bond donors (Lipinski definition) is 1. The molecule has 0 saturated heterocycles. The van der Waals surface area contributed by atoms with E-state index in [0.717, 1.165) is 12.0 Å². The number of carbonyl (C=O) groups is 1. The molecule has 1 aromatic heterocycles. The van der Waals surface area contributed by atoms with E-state index in [4.69, 9.17) is 9.47 Å². The maximum absolute atomic E-state index is 12.2. The lowest BCUT2D eigenvalue weighted by Gasteiger charge is -2.12. The average Bonchev–Trinajstić information content (AvgIpc) is 2.62. The lowest BCUT2D eigenvalue weighted by molar-refractivity contribution is 0.0954. The summed E-state index contributed by atoms with van der Waals surface area (Å²) in [6.45, 7) is 4.89. The van der Waals surface area contributed by atoms with Crippen LogP contribution in [0.25, 0.3) is 0 Å². The van der Waals surface area contributed by atoms with Gasteiger partial charge in [0.2, 0.25) is 0 Å². The molecule has 0 aliphatic carbocycles. The largest absolute Gasteiger partial charge is 0.493 e. The van der Waals surface area contributed by atoms with Crippen molar-refractivity contribution in [2.75, 3.05) is 13.7 Å². The standard InChI is InChI=1S/C19H23N3O3/c1-14(2)8-11-25-17-5-4-16(12-18(17)24-3)19(23)22-21-13-15-6-9-20-10-7-15/h4-7,9-10,12-14H,8,11H2,1-3H3,(H,22,23)/b21-13+. The van der Waals surface area contributed by atoms with E-state index in [1.807, 2.05) is 0 Å². The number of aromatic nitrogens is 1. The van der Waals surface area contributed by atoms with Crippen LogP contribution in [-0.2, 0) is 0 Å². The normalized spacial score (nSPS) is 10.9. The predicted molar refractivity (Wildman–Crippen MR) is 97.2 cm³/mol. The van der Waals surface area contributed by atoms with Crippen molar-refractivity contribution in [3.8, 4) is 11.5 Å². The number of hydrazone groups is 1. The van der Waals surface area contributed by atoms with Crippen LogP contribution in [0, 0.1) is 5.92 Å². The summed E-state index contributed by atoms with van der Waals surface area (Å²) in [6.07, 6.45) is 5.83. The Balaban J connectivity index is 1.98. The minimum absolute atomic E-state index is 0.322. The van der Waals surface area contributed by atoms with E-state index in [1.54, 1.807) is 56.0 Å². The highest BCUT2D eigenvalue weighted by atomic mass is 16.5.